The lowest BCUT2D eigenvalue weighted by atomic mass is 9.94. The van der Waals surface area contributed by atoms with Gasteiger partial charge in [0.05, 0.1) is 0 Å². The van der Waals surface area contributed by atoms with Crippen molar-refractivity contribution in [2.75, 3.05) is 0 Å². The third-order valence-corrected chi connectivity index (χ3v) is 3.83. The van der Waals surface area contributed by atoms with Crippen LogP contribution in [0.25, 0.3) is 0 Å². The van der Waals surface area contributed by atoms with Crippen LogP contribution in [-0.2, 0) is 0 Å². The highest BCUT2D eigenvalue weighted by Gasteiger charge is 2.46. The van der Waals surface area contributed by atoms with Gasteiger partial charge in [0, 0.05) is 0 Å². The van der Waals surface area contributed by atoms with Gasteiger partial charge in [-0.1, -0.05) is 31.9 Å². The quantitative estimate of drug-likeness (QED) is 0.479. The first-order chi connectivity index (χ1) is 5.70. The van der Waals surface area contributed by atoms with E-state index >= 15 is 0 Å². The van der Waals surface area contributed by atoms with Crippen LogP contribution in [0.1, 0.15) is 40.0 Å². The Morgan fingerprint density at radius 2 is 2.00 bits per heavy atom. The van der Waals surface area contributed by atoms with Crippen LogP contribution in [-0.4, -0.2) is 0 Å². The molecule has 2 rings (SSSR count). The third-order valence-electron chi connectivity index (χ3n) is 3.83. The van der Waals surface area contributed by atoms with E-state index in [1.165, 1.54) is 19.3 Å². The molecule has 0 heteroatoms. The van der Waals surface area contributed by atoms with E-state index in [1.807, 2.05) is 0 Å². The summed E-state index contributed by atoms with van der Waals surface area (Å²) < 4.78 is 0. The minimum absolute atomic E-state index is 0.832. The molecular weight excluding hydrogens is 144 g/mol. The molecule has 12 heavy (non-hydrogen) atoms. The Hall–Kier alpha value is -0.260. The van der Waals surface area contributed by atoms with Crippen molar-refractivity contribution in [1.82, 2.24) is 0 Å². The van der Waals surface area contributed by atoms with Gasteiger partial charge in [0.15, 0.2) is 0 Å². The van der Waals surface area contributed by atoms with E-state index in [4.69, 9.17) is 0 Å². The van der Waals surface area contributed by atoms with Crippen molar-refractivity contribution in [2.24, 2.45) is 23.7 Å². The molecule has 68 valence electrons. The minimum Gasteiger partial charge on any atom is -0.0825 e. The predicted octanol–water partition coefficient (Wildman–Crippen LogP) is 3.63. The number of fused-ring (bicyclic) bond motifs is 1. The molecule has 0 radical (unpaired) electrons. The van der Waals surface area contributed by atoms with Crippen LogP contribution in [0.3, 0.4) is 0 Å². The summed E-state index contributed by atoms with van der Waals surface area (Å²) in [5, 5.41) is 0. The van der Waals surface area contributed by atoms with Crippen molar-refractivity contribution in [1.29, 1.82) is 0 Å². The molecule has 0 aromatic carbocycles. The highest BCUT2D eigenvalue weighted by atomic mass is 14.5. The molecule has 4 atom stereocenters. The fraction of sp³-hybridized carbons (Fsp3) is 0.833. The van der Waals surface area contributed by atoms with E-state index in [-0.39, 0.29) is 0 Å². The largest absolute Gasteiger partial charge is 0.0825 e. The van der Waals surface area contributed by atoms with Gasteiger partial charge >= 0.3 is 0 Å². The summed E-state index contributed by atoms with van der Waals surface area (Å²) in [5.74, 6) is 3.84. The second-order valence-electron chi connectivity index (χ2n) is 4.87. The van der Waals surface area contributed by atoms with Crippen LogP contribution in [0.4, 0.5) is 0 Å². The van der Waals surface area contributed by atoms with Gasteiger partial charge < -0.3 is 0 Å². The summed E-state index contributed by atoms with van der Waals surface area (Å²) in [6, 6.07) is 0. The van der Waals surface area contributed by atoms with E-state index in [0.717, 1.165) is 23.7 Å². The molecule has 1 saturated carbocycles. The van der Waals surface area contributed by atoms with Gasteiger partial charge in [0.2, 0.25) is 0 Å². The molecule has 0 aromatic rings. The monoisotopic (exact) mass is 164 g/mol. The lowest BCUT2D eigenvalue weighted by molar-refractivity contribution is 0.521. The minimum atomic E-state index is 0.832. The lowest BCUT2D eigenvalue weighted by Crippen LogP contribution is -1.98. The molecule has 2 aliphatic rings. The van der Waals surface area contributed by atoms with Crippen LogP contribution in [0, 0.1) is 23.7 Å². The van der Waals surface area contributed by atoms with E-state index in [2.05, 4.69) is 26.8 Å². The Balaban J connectivity index is 2.12. The Bertz CT molecular complexity index is 202. The van der Waals surface area contributed by atoms with Gasteiger partial charge in [-0.2, -0.15) is 0 Å². The van der Waals surface area contributed by atoms with Crippen molar-refractivity contribution < 1.29 is 0 Å². The summed E-state index contributed by atoms with van der Waals surface area (Å²) >= 11 is 0. The van der Waals surface area contributed by atoms with E-state index in [1.54, 1.807) is 5.57 Å². The second kappa shape index (κ2) is 2.90. The second-order valence-corrected chi connectivity index (χ2v) is 4.87. The van der Waals surface area contributed by atoms with Gasteiger partial charge in [-0.25, -0.2) is 0 Å². The number of hydrogen-bond donors (Lipinski definition) is 0. The van der Waals surface area contributed by atoms with Crippen molar-refractivity contribution >= 4 is 0 Å². The maximum Gasteiger partial charge on any atom is -0.0146 e. The molecule has 0 nitrogen and oxygen atoms in total. The Morgan fingerprint density at radius 1 is 1.25 bits per heavy atom. The molecule has 0 heterocycles. The first-order valence-corrected chi connectivity index (χ1v) is 5.38. The van der Waals surface area contributed by atoms with Crippen LogP contribution in [0.15, 0.2) is 11.6 Å². The standard InChI is InChI=1S/C12H20/c1-8-5-4-6-11-10(3)12(11)9(2)7-8/h7-8,10-12H,4-6H2,1-3H3. The molecule has 0 N–H and O–H groups in total. The van der Waals surface area contributed by atoms with Crippen LogP contribution < -0.4 is 0 Å². The number of allylic oxidation sites excluding steroid dienone is 2. The highest BCUT2D eigenvalue weighted by Crippen LogP contribution is 2.54. The summed E-state index contributed by atoms with van der Waals surface area (Å²) in [7, 11) is 0. The lowest BCUT2D eigenvalue weighted by Gasteiger charge is -2.11. The zero-order chi connectivity index (χ0) is 8.72. The maximum absolute atomic E-state index is 2.51. The first-order valence-electron chi connectivity index (χ1n) is 5.38. The molecule has 1 fully saturated rings. The molecule has 0 bridgehead atoms. The van der Waals surface area contributed by atoms with E-state index in [0.29, 0.717) is 0 Å². The van der Waals surface area contributed by atoms with Crippen LogP contribution >= 0.6 is 0 Å². The SMILES string of the molecule is CC1=CC(C)CCCC2C(C)C12. The fourth-order valence-electron chi connectivity index (χ4n) is 3.06. The van der Waals surface area contributed by atoms with Crippen molar-refractivity contribution in [3.05, 3.63) is 11.6 Å². The van der Waals surface area contributed by atoms with Crippen molar-refractivity contribution in [2.45, 2.75) is 40.0 Å². The molecule has 4 unspecified atom stereocenters. The Labute approximate surface area is 76.1 Å². The molecule has 2 aliphatic carbocycles. The van der Waals surface area contributed by atoms with Crippen LogP contribution in [0.2, 0.25) is 0 Å². The molecule has 0 amide bonds. The molecule has 0 aromatic heterocycles. The zero-order valence-electron chi connectivity index (χ0n) is 8.51. The fourth-order valence-corrected chi connectivity index (χ4v) is 3.06. The topological polar surface area (TPSA) is 0 Å². The Morgan fingerprint density at radius 3 is 2.75 bits per heavy atom. The summed E-state index contributed by atoms with van der Waals surface area (Å²) in [6.45, 7) is 7.11. The van der Waals surface area contributed by atoms with Gasteiger partial charge in [0.25, 0.3) is 0 Å². The summed E-state index contributed by atoms with van der Waals surface area (Å²) in [5.41, 5.74) is 1.68. The van der Waals surface area contributed by atoms with Gasteiger partial charge in [-0.05, 0) is 43.4 Å². The Kier molecular flexibility index (Phi) is 2.02. The average molecular weight is 164 g/mol. The van der Waals surface area contributed by atoms with Crippen LogP contribution in [0.5, 0.6) is 0 Å². The molecular formula is C12H20. The van der Waals surface area contributed by atoms with Crippen molar-refractivity contribution in [3.8, 4) is 0 Å². The number of rotatable bonds is 0. The highest BCUT2D eigenvalue weighted by molar-refractivity contribution is 5.18. The maximum atomic E-state index is 2.51. The van der Waals surface area contributed by atoms with E-state index in [9.17, 15) is 0 Å². The van der Waals surface area contributed by atoms with Gasteiger partial charge in [0.1, 0.15) is 0 Å². The number of hydrogen-bond acceptors (Lipinski definition) is 0. The molecule has 0 spiro atoms. The van der Waals surface area contributed by atoms with Gasteiger partial charge in [-0.3, -0.25) is 0 Å². The molecule has 0 aliphatic heterocycles. The van der Waals surface area contributed by atoms with Crippen molar-refractivity contribution in [3.63, 3.8) is 0 Å². The summed E-state index contributed by atoms with van der Waals surface area (Å²) in [6.07, 6.45) is 6.87. The predicted molar refractivity (Wildman–Crippen MR) is 52.9 cm³/mol. The normalized spacial score (nSPS) is 47.1. The summed E-state index contributed by atoms with van der Waals surface area (Å²) in [4.78, 5) is 0. The molecule has 0 saturated heterocycles. The first kappa shape index (κ1) is 8.34. The smallest absolute Gasteiger partial charge is 0.0146 e. The zero-order valence-corrected chi connectivity index (χ0v) is 8.51. The third kappa shape index (κ3) is 1.32. The van der Waals surface area contributed by atoms with E-state index < -0.39 is 0 Å². The van der Waals surface area contributed by atoms with Gasteiger partial charge in [-0.15, -0.1) is 0 Å². The average Bonchev–Trinajstić information content (AvgIpc) is 2.58.